The largest absolute Gasteiger partial charge is 0.437 e. The van der Waals surface area contributed by atoms with Crippen molar-refractivity contribution in [3.63, 3.8) is 0 Å². The Morgan fingerprint density at radius 1 is 1.36 bits per heavy atom. The Morgan fingerprint density at radius 2 is 2.21 bits per heavy atom. The van der Waals surface area contributed by atoms with Crippen LogP contribution in [0.5, 0.6) is 11.6 Å². The molecule has 0 fully saturated rings. The molecule has 0 unspecified atom stereocenters. The van der Waals surface area contributed by atoms with Gasteiger partial charge in [0.25, 0.3) is 12.3 Å². The number of hydrogen-bond acceptors (Lipinski definition) is 3. The van der Waals surface area contributed by atoms with Gasteiger partial charge < -0.3 is 9.15 Å². The molecule has 2 aromatic rings. The molecule has 1 aromatic carbocycles. The highest BCUT2D eigenvalue weighted by Gasteiger charge is 2.04. The van der Waals surface area contributed by atoms with E-state index in [1.165, 1.54) is 6.26 Å². The van der Waals surface area contributed by atoms with Gasteiger partial charge in [0.2, 0.25) is 0 Å². The van der Waals surface area contributed by atoms with Crippen molar-refractivity contribution < 1.29 is 9.15 Å². The molecule has 0 bridgehead atoms. The van der Waals surface area contributed by atoms with E-state index >= 15 is 0 Å². The Labute approximate surface area is 97.4 Å². The van der Waals surface area contributed by atoms with Gasteiger partial charge in [-0.25, -0.2) is 0 Å². The van der Waals surface area contributed by atoms with Gasteiger partial charge in [-0.1, -0.05) is 15.9 Å². The maximum absolute atomic E-state index is 5.40. The fourth-order valence-corrected chi connectivity index (χ4v) is 2.02. The van der Waals surface area contributed by atoms with Crippen LogP contribution in [0.4, 0.5) is 0 Å². The predicted octanol–water partition coefficient (Wildman–Crippen LogP) is 3.79. The van der Waals surface area contributed by atoms with Gasteiger partial charge in [0.1, 0.15) is 5.75 Å². The first kappa shape index (κ1) is 9.73. The summed E-state index contributed by atoms with van der Waals surface area (Å²) < 4.78 is 11.9. The van der Waals surface area contributed by atoms with Crippen LogP contribution in [-0.2, 0) is 0 Å². The highest BCUT2D eigenvalue weighted by atomic mass is 79.9. The SMILES string of the molecule is Brc1ccc(Oc2co[c]n2)c(Br)c1. The highest BCUT2D eigenvalue weighted by Crippen LogP contribution is 2.31. The van der Waals surface area contributed by atoms with Crippen molar-refractivity contribution in [2.24, 2.45) is 0 Å². The predicted molar refractivity (Wildman–Crippen MR) is 57.3 cm³/mol. The monoisotopic (exact) mass is 316 g/mol. The molecule has 0 aliphatic heterocycles. The van der Waals surface area contributed by atoms with Gasteiger partial charge in [0.05, 0.1) is 4.47 Å². The number of halogens is 2. The van der Waals surface area contributed by atoms with E-state index < -0.39 is 0 Å². The molecule has 5 heteroatoms. The number of oxazole rings is 1. The Kier molecular flexibility index (Phi) is 2.88. The Hall–Kier alpha value is -0.810. The zero-order chi connectivity index (χ0) is 9.97. The zero-order valence-electron chi connectivity index (χ0n) is 6.83. The lowest BCUT2D eigenvalue weighted by atomic mass is 10.3. The van der Waals surface area contributed by atoms with E-state index in [-0.39, 0.29) is 0 Å². The summed E-state index contributed by atoms with van der Waals surface area (Å²) in [6.07, 6.45) is 3.69. The third-order valence-corrected chi connectivity index (χ3v) is 2.59. The summed E-state index contributed by atoms with van der Waals surface area (Å²) >= 11 is 6.72. The van der Waals surface area contributed by atoms with Crippen molar-refractivity contribution in [3.05, 3.63) is 39.8 Å². The first-order chi connectivity index (χ1) is 6.75. The minimum absolute atomic E-state index is 0.382. The molecule has 0 aliphatic carbocycles. The highest BCUT2D eigenvalue weighted by molar-refractivity contribution is 9.11. The lowest BCUT2D eigenvalue weighted by Gasteiger charge is -2.03. The molecular weight excluding hydrogens is 314 g/mol. The molecule has 0 atom stereocenters. The average molecular weight is 318 g/mol. The van der Waals surface area contributed by atoms with E-state index in [1.807, 2.05) is 18.2 Å². The first-order valence-corrected chi connectivity index (χ1v) is 5.29. The average Bonchev–Trinajstić information content (AvgIpc) is 2.62. The molecule has 0 saturated heterocycles. The second-order valence-corrected chi connectivity index (χ2v) is 4.22. The summed E-state index contributed by atoms with van der Waals surface area (Å²) in [5, 5.41) is 0. The molecule has 0 saturated carbocycles. The lowest BCUT2D eigenvalue weighted by Crippen LogP contribution is -1.84. The summed E-state index contributed by atoms with van der Waals surface area (Å²) in [6, 6.07) is 5.59. The topological polar surface area (TPSA) is 35.3 Å². The molecule has 1 aromatic heterocycles. The number of ether oxygens (including phenoxy) is 1. The molecule has 2 rings (SSSR count). The molecule has 0 amide bonds. The van der Waals surface area contributed by atoms with Crippen molar-refractivity contribution in [2.45, 2.75) is 0 Å². The summed E-state index contributed by atoms with van der Waals surface area (Å²) in [7, 11) is 0. The van der Waals surface area contributed by atoms with E-state index in [9.17, 15) is 0 Å². The first-order valence-electron chi connectivity index (χ1n) is 3.70. The molecule has 1 radical (unpaired) electrons. The van der Waals surface area contributed by atoms with Gasteiger partial charge in [-0.05, 0) is 34.1 Å². The van der Waals surface area contributed by atoms with Crippen LogP contribution in [0.2, 0.25) is 0 Å². The smallest absolute Gasteiger partial charge is 0.287 e. The number of benzene rings is 1. The van der Waals surface area contributed by atoms with Crippen LogP contribution in [0.25, 0.3) is 0 Å². The van der Waals surface area contributed by atoms with Crippen molar-refractivity contribution in [2.75, 3.05) is 0 Å². The molecule has 1 heterocycles. The standard InChI is InChI=1S/C9H4Br2NO2/c10-6-1-2-8(7(11)3-6)14-9-4-13-5-12-9/h1-4H. The number of nitrogens with zero attached hydrogens (tertiary/aromatic N) is 1. The molecule has 3 nitrogen and oxygen atoms in total. The van der Waals surface area contributed by atoms with Gasteiger partial charge in [0, 0.05) is 4.47 Å². The van der Waals surface area contributed by atoms with Crippen molar-refractivity contribution in [1.82, 2.24) is 4.98 Å². The zero-order valence-corrected chi connectivity index (χ0v) is 10.0. The third-order valence-electron chi connectivity index (χ3n) is 1.48. The van der Waals surface area contributed by atoms with E-state index in [2.05, 4.69) is 47.7 Å². The van der Waals surface area contributed by atoms with Crippen LogP contribution >= 0.6 is 31.9 Å². The van der Waals surface area contributed by atoms with Gasteiger partial charge in [0.15, 0.2) is 6.26 Å². The second kappa shape index (κ2) is 4.14. The molecular formula is C9H4Br2NO2. The number of aromatic nitrogens is 1. The van der Waals surface area contributed by atoms with Crippen LogP contribution < -0.4 is 4.74 Å². The van der Waals surface area contributed by atoms with Crippen LogP contribution in [-0.4, -0.2) is 4.98 Å². The van der Waals surface area contributed by atoms with E-state index in [4.69, 9.17) is 4.74 Å². The summed E-state index contributed by atoms with van der Waals surface area (Å²) in [5.41, 5.74) is 0. The maximum atomic E-state index is 5.40. The second-order valence-electron chi connectivity index (χ2n) is 2.45. The molecule has 0 spiro atoms. The molecule has 0 aliphatic rings. The Bertz CT molecular complexity index is 428. The molecule has 0 N–H and O–H groups in total. The van der Waals surface area contributed by atoms with Crippen LogP contribution in [0.15, 0.2) is 37.8 Å². The quantitative estimate of drug-likeness (QED) is 0.845. The maximum Gasteiger partial charge on any atom is 0.287 e. The lowest BCUT2D eigenvalue weighted by molar-refractivity contribution is 0.454. The Balaban J connectivity index is 2.25. The normalized spacial score (nSPS) is 10.1. The van der Waals surface area contributed by atoms with Crippen molar-refractivity contribution >= 4 is 31.9 Å². The minimum Gasteiger partial charge on any atom is -0.437 e. The minimum atomic E-state index is 0.382. The molecule has 14 heavy (non-hydrogen) atoms. The third kappa shape index (κ3) is 2.16. The van der Waals surface area contributed by atoms with E-state index in [0.29, 0.717) is 11.6 Å². The number of hydrogen-bond donors (Lipinski definition) is 0. The van der Waals surface area contributed by atoms with Crippen LogP contribution in [0.1, 0.15) is 0 Å². The molecule has 71 valence electrons. The fourth-order valence-electron chi connectivity index (χ4n) is 0.892. The van der Waals surface area contributed by atoms with Gasteiger partial charge >= 0.3 is 0 Å². The van der Waals surface area contributed by atoms with Crippen LogP contribution in [0.3, 0.4) is 0 Å². The number of rotatable bonds is 2. The van der Waals surface area contributed by atoms with Gasteiger partial charge in [-0.15, -0.1) is 0 Å². The van der Waals surface area contributed by atoms with Crippen molar-refractivity contribution in [1.29, 1.82) is 0 Å². The summed E-state index contributed by atoms with van der Waals surface area (Å²) in [5.74, 6) is 1.06. The van der Waals surface area contributed by atoms with Gasteiger partial charge in [-0.2, -0.15) is 4.98 Å². The van der Waals surface area contributed by atoms with E-state index in [0.717, 1.165) is 8.95 Å². The van der Waals surface area contributed by atoms with Gasteiger partial charge in [-0.3, -0.25) is 0 Å². The summed E-state index contributed by atoms with van der Waals surface area (Å²) in [6.45, 7) is 0. The van der Waals surface area contributed by atoms with E-state index in [1.54, 1.807) is 0 Å². The fraction of sp³-hybridized carbons (Fsp3) is 0. The van der Waals surface area contributed by atoms with Crippen LogP contribution in [0, 0.1) is 6.39 Å². The Morgan fingerprint density at radius 3 is 2.86 bits per heavy atom. The van der Waals surface area contributed by atoms with Crippen molar-refractivity contribution in [3.8, 4) is 11.6 Å². The summed E-state index contributed by atoms with van der Waals surface area (Å²) in [4.78, 5) is 3.73.